The largest absolute Gasteiger partial charge is 0.353 e. The first-order chi connectivity index (χ1) is 6.10. The number of nitrogens with one attached hydrogen (secondary N) is 1. The van der Waals surface area contributed by atoms with Crippen molar-refractivity contribution >= 4 is 21.8 Å². The number of alkyl halides is 1. The number of carbonyl (C=O) groups excluding carboxylic acids is 1. The van der Waals surface area contributed by atoms with Gasteiger partial charge in [0.05, 0.1) is 0 Å². The summed E-state index contributed by atoms with van der Waals surface area (Å²) >= 11 is 3.38. The van der Waals surface area contributed by atoms with Crippen LogP contribution in [0.1, 0.15) is 40.0 Å². The van der Waals surface area contributed by atoms with Crippen LogP contribution in [0.4, 0.5) is 0 Å². The molecule has 0 rings (SSSR count). The van der Waals surface area contributed by atoms with Crippen molar-refractivity contribution < 1.29 is 4.79 Å². The maximum atomic E-state index is 11.4. The molecule has 0 saturated heterocycles. The first kappa shape index (κ1) is 12.9. The highest BCUT2D eigenvalue weighted by Gasteiger charge is 2.10. The standard InChI is InChI=1S/C10H20BrNO/c1-4-9(5-6-11)12-10(13)7-8(2)3/h8-9H,4-7H2,1-3H3,(H,12,13). The lowest BCUT2D eigenvalue weighted by atomic mass is 10.1. The molecule has 0 aromatic carbocycles. The number of halogens is 1. The van der Waals surface area contributed by atoms with Crippen molar-refractivity contribution in [2.24, 2.45) is 5.92 Å². The number of amides is 1. The van der Waals surface area contributed by atoms with Gasteiger partial charge in [0.15, 0.2) is 0 Å². The third-order valence-corrected chi connectivity index (χ3v) is 2.37. The highest BCUT2D eigenvalue weighted by atomic mass is 79.9. The highest BCUT2D eigenvalue weighted by Crippen LogP contribution is 2.03. The van der Waals surface area contributed by atoms with Crippen molar-refractivity contribution in [2.45, 2.75) is 46.1 Å². The predicted molar refractivity (Wildman–Crippen MR) is 60.1 cm³/mol. The lowest BCUT2D eigenvalue weighted by Gasteiger charge is -2.16. The number of hydrogen-bond donors (Lipinski definition) is 1. The fraction of sp³-hybridized carbons (Fsp3) is 0.900. The molecule has 0 bridgehead atoms. The Morgan fingerprint density at radius 1 is 1.46 bits per heavy atom. The van der Waals surface area contributed by atoms with E-state index in [0.29, 0.717) is 18.4 Å². The molecule has 13 heavy (non-hydrogen) atoms. The van der Waals surface area contributed by atoms with Gasteiger partial charge >= 0.3 is 0 Å². The maximum absolute atomic E-state index is 11.4. The molecule has 0 fully saturated rings. The van der Waals surface area contributed by atoms with Crippen molar-refractivity contribution in [1.29, 1.82) is 0 Å². The SMILES string of the molecule is CCC(CCBr)NC(=O)CC(C)C. The smallest absolute Gasteiger partial charge is 0.220 e. The van der Waals surface area contributed by atoms with Gasteiger partial charge in [0.25, 0.3) is 0 Å². The molecule has 78 valence electrons. The van der Waals surface area contributed by atoms with Crippen LogP contribution in [-0.4, -0.2) is 17.3 Å². The van der Waals surface area contributed by atoms with Crippen LogP contribution in [0.2, 0.25) is 0 Å². The minimum Gasteiger partial charge on any atom is -0.353 e. The van der Waals surface area contributed by atoms with Crippen LogP contribution in [0.25, 0.3) is 0 Å². The summed E-state index contributed by atoms with van der Waals surface area (Å²) in [6, 6.07) is 0.339. The summed E-state index contributed by atoms with van der Waals surface area (Å²) in [6.45, 7) is 6.22. The Morgan fingerprint density at radius 3 is 2.46 bits per heavy atom. The molecule has 3 heteroatoms. The van der Waals surface area contributed by atoms with Crippen LogP contribution in [0.15, 0.2) is 0 Å². The zero-order valence-electron chi connectivity index (χ0n) is 8.77. The van der Waals surface area contributed by atoms with E-state index in [1.807, 2.05) is 0 Å². The minimum absolute atomic E-state index is 0.183. The van der Waals surface area contributed by atoms with Crippen LogP contribution in [0, 0.1) is 5.92 Å². The summed E-state index contributed by atoms with van der Waals surface area (Å²) < 4.78 is 0. The summed E-state index contributed by atoms with van der Waals surface area (Å²) in [7, 11) is 0. The Labute approximate surface area is 89.6 Å². The maximum Gasteiger partial charge on any atom is 0.220 e. The minimum atomic E-state index is 0.183. The van der Waals surface area contributed by atoms with E-state index < -0.39 is 0 Å². The average molecular weight is 250 g/mol. The molecule has 1 atom stereocenters. The van der Waals surface area contributed by atoms with Gasteiger partial charge in [-0.15, -0.1) is 0 Å². The molecule has 0 aliphatic carbocycles. The normalized spacial score (nSPS) is 13.0. The van der Waals surface area contributed by atoms with Gasteiger partial charge in [-0.25, -0.2) is 0 Å². The Balaban J connectivity index is 3.73. The summed E-state index contributed by atoms with van der Waals surface area (Å²) in [5.74, 6) is 0.629. The third kappa shape index (κ3) is 7.05. The lowest BCUT2D eigenvalue weighted by molar-refractivity contribution is -0.122. The van der Waals surface area contributed by atoms with E-state index in [1.54, 1.807) is 0 Å². The molecule has 0 spiro atoms. The van der Waals surface area contributed by atoms with E-state index in [9.17, 15) is 4.79 Å². The fourth-order valence-electron chi connectivity index (χ4n) is 1.17. The second-order valence-corrected chi connectivity index (χ2v) is 4.54. The topological polar surface area (TPSA) is 29.1 Å². The van der Waals surface area contributed by atoms with Gasteiger partial charge in [-0.1, -0.05) is 36.7 Å². The van der Waals surface area contributed by atoms with Crippen molar-refractivity contribution in [1.82, 2.24) is 5.32 Å². The van der Waals surface area contributed by atoms with Crippen molar-refractivity contribution in [3.8, 4) is 0 Å². The average Bonchev–Trinajstić information content (AvgIpc) is 2.02. The van der Waals surface area contributed by atoms with Crippen LogP contribution < -0.4 is 5.32 Å². The molecule has 0 aliphatic heterocycles. The van der Waals surface area contributed by atoms with Crippen molar-refractivity contribution in [3.05, 3.63) is 0 Å². The molecule has 2 nitrogen and oxygen atoms in total. The summed E-state index contributed by atoms with van der Waals surface area (Å²) in [4.78, 5) is 11.4. The molecule has 1 amide bonds. The zero-order valence-corrected chi connectivity index (χ0v) is 10.4. The number of carbonyl (C=O) groups is 1. The molecule has 0 aromatic rings. The van der Waals surface area contributed by atoms with Gasteiger partial charge in [-0.05, 0) is 18.8 Å². The fourth-order valence-corrected chi connectivity index (χ4v) is 1.72. The zero-order chi connectivity index (χ0) is 10.3. The van der Waals surface area contributed by atoms with Crippen molar-refractivity contribution in [2.75, 3.05) is 5.33 Å². The second-order valence-electron chi connectivity index (χ2n) is 3.75. The van der Waals surface area contributed by atoms with Gasteiger partial charge in [-0.2, -0.15) is 0 Å². The van der Waals surface area contributed by atoms with Gasteiger partial charge in [-0.3, -0.25) is 4.79 Å². The number of rotatable bonds is 6. The van der Waals surface area contributed by atoms with Crippen LogP contribution in [0.5, 0.6) is 0 Å². The van der Waals surface area contributed by atoms with Gasteiger partial charge in [0.1, 0.15) is 0 Å². The van der Waals surface area contributed by atoms with E-state index in [0.717, 1.165) is 18.2 Å². The number of hydrogen-bond acceptors (Lipinski definition) is 1. The first-order valence-corrected chi connectivity index (χ1v) is 6.07. The van der Waals surface area contributed by atoms with E-state index in [2.05, 4.69) is 42.0 Å². The second kappa shape index (κ2) is 7.36. The Bertz CT molecular complexity index is 148. The van der Waals surface area contributed by atoms with E-state index >= 15 is 0 Å². The Morgan fingerprint density at radius 2 is 2.08 bits per heavy atom. The molecular formula is C10H20BrNO. The van der Waals surface area contributed by atoms with Crippen LogP contribution in [0.3, 0.4) is 0 Å². The van der Waals surface area contributed by atoms with E-state index in [4.69, 9.17) is 0 Å². The lowest BCUT2D eigenvalue weighted by Crippen LogP contribution is -2.35. The summed E-state index contributed by atoms with van der Waals surface area (Å²) in [5.41, 5.74) is 0. The molecule has 0 radical (unpaired) electrons. The molecule has 1 unspecified atom stereocenters. The first-order valence-electron chi connectivity index (χ1n) is 4.95. The Hall–Kier alpha value is -0.0500. The highest BCUT2D eigenvalue weighted by molar-refractivity contribution is 9.09. The molecule has 0 saturated carbocycles. The van der Waals surface area contributed by atoms with Gasteiger partial charge in [0.2, 0.25) is 5.91 Å². The molecule has 0 aromatic heterocycles. The van der Waals surface area contributed by atoms with E-state index in [1.165, 1.54) is 0 Å². The monoisotopic (exact) mass is 249 g/mol. The molecule has 0 aliphatic rings. The molecule has 1 N–H and O–H groups in total. The third-order valence-electron chi connectivity index (χ3n) is 1.91. The summed E-state index contributed by atoms with van der Waals surface area (Å²) in [6.07, 6.45) is 2.66. The van der Waals surface area contributed by atoms with Gasteiger partial charge in [0, 0.05) is 17.8 Å². The van der Waals surface area contributed by atoms with Crippen molar-refractivity contribution in [3.63, 3.8) is 0 Å². The van der Waals surface area contributed by atoms with E-state index in [-0.39, 0.29) is 5.91 Å². The molecule has 0 heterocycles. The van der Waals surface area contributed by atoms with Crippen LogP contribution >= 0.6 is 15.9 Å². The molecular weight excluding hydrogens is 230 g/mol. The Kier molecular flexibility index (Phi) is 7.33. The summed E-state index contributed by atoms with van der Waals surface area (Å²) in [5, 5.41) is 3.98. The van der Waals surface area contributed by atoms with Crippen LogP contribution in [-0.2, 0) is 4.79 Å². The quantitative estimate of drug-likeness (QED) is 0.721. The predicted octanol–water partition coefficient (Wildman–Crippen LogP) is 2.71. The van der Waals surface area contributed by atoms with Gasteiger partial charge < -0.3 is 5.32 Å².